The second-order valence-corrected chi connectivity index (χ2v) is 10.7. The lowest BCUT2D eigenvalue weighted by atomic mass is 10.1. The first-order valence-corrected chi connectivity index (χ1v) is 11.5. The zero-order valence-corrected chi connectivity index (χ0v) is 16.6. The molecule has 0 radical (unpaired) electrons. The fourth-order valence-corrected chi connectivity index (χ4v) is 8.21. The fraction of sp³-hybridized carbons (Fsp3) is 0.0952. The van der Waals surface area contributed by atoms with Crippen LogP contribution in [0.3, 0.4) is 0 Å². The van der Waals surface area contributed by atoms with E-state index in [-0.39, 0.29) is 21.8 Å². The highest BCUT2D eigenvalue weighted by Crippen LogP contribution is 2.46. The lowest BCUT2D eigenvalue weighted by Crippen LogP contribution is -2.43. The number of sulfone groups is 2. The molecule has 0 saturated heterocycles. The molecule has 0 amide bonds. The third kappa shape index (κ3) is 3.06. The van der Waals surface area contributed by atoms with Gasteiger partial charge in [0.05, 0.1) is 9.79 Å². The summed E-state index contributed by atoms with van der Waals surface area (Å²) in [5, 5.41) is 0. The number of hydrogen-bond acceptors (Lipinski definition) is 5. The second-order valence-electron chi connectivity index (χ2n) is 6.12. The van der Waals surface area contributed by atoms with E-state index in [4.69, 9.17) is 0 Å². The molecular formula is C21H19NO4S2. The molecule has 1 aromatic heterocycles. The summed E-state index contributed by atoms with van der Waals surface area (Å²) in [5.41, 5.74) is 0.0719. The standard InChI is InChI=1S/C21H19NO4S2/c1-2-15-21(18-10-9-16-22-17-18,27(23,24)19-11-5-3-6-12-19)28(25,26)20-13-7-4-8-14-20/h2-14,16-17H,1,15H2. The molecular weight excluding hydrogens is 394 g/mol. The number of rotatable bonds is 7. The van der Waals surface area contributed by atoms with E-state index in [0.717, 1.165) is 0 Å². The zero-order valence-electron chi connectivity index (χ0n) is 15.0. The van der Waals surface area contributed by atoms with Gasteiger partial charge in [-0.1, -0.05) is 48.5 Å². The number of hydrogen-bond donors (Lipinski definition) is 0. The summed E-state index contributed by atoms with van der Waals surface area (Å²) in [4.78, 5) is 3.82. The van der Waals surface area contributed by atoms with Crippen LogP contribution >= 0.6 is 0 Å². The minimum absolute atomic E-state index is 0.0719. The summed E-state index contributed by atoms with van der Waals surface area (Å²) in [6, 6.07) is 18.1. The van der Waals surface area contributed by atoms with Crippen molar-refractivity contribution >= 4 is 19.7 Å². The minimum Gasteiger partial charge on any atom is -0.264 e. The molecule has 0 aliphatic rings. The molecule has 0 bridgehead atoms. The van der Waals surface area contributed by atoms with Crippen molar-refractivity contribution in [1.82, 2.24) is 4.98 Å². The molecule has 3 aromatic rings. The first-order chi connectivity index (χ1) is 13.4. The third-order valence-electron chi connectivity index (χ3n) is 4.49. The summed E-state index contributed by atoms with van der Waals surface area (Å²) >= 11 is 0. The smallest absolute Gasteiger partial charge is 0.211 e. The summed E-state index contributed by atoms with van der Waals surface area (Å²) in [6.45, 7) is 3.64. The summed E-state index contributed by atoms with van der Waals surface area (Å²) in [7, 11) is -8.77. The van der Waals surface area contributed by atoms with E-state index in [1.165, 1.54) is 54.9 Å². The molecule has 2 aromatic carbocycles. The fourth-order valence-electron chi connectivity index (χ4n) is 3.15. The van der Waals surface area contributed by atoms with E-state index in [1.54, 1.807) is 36.4 Å². The van der Waals surface area contributed by atoms with Crippen molar-refractivity contribution in [1.29, 1.82) is 0 Å². The van der Waals surface area contributed by atoms with E-state index in [2.05, 4.69) is 11.6 Å². The first-order valence-electron chi connectivity index (χ1n) is 8.48. The van der Waals surface area contributed by atoms with Crippen LogP contribution in [-0.2, 0) is 23.8 Å². The lowest BCUT2D eigenvalue weighted by molar-refractivity contribution is 0.542. The topological polar surface area (TPSA) is 81.2 Å². The van der Waals surface area contributed by atoms with Crippen molar-refractivity contribution in [3.8, 4) is 0 Å². The maximum absolute atomic E-state index is 13.8. The van der Waals surface area contributed by atoms with Crippen molar-refractivity contribution in [2.75, 3.05) is 0 Å². The quantitative estimate of drug-likeness (QED) is 0.551. The van der Waals surface area contributed by atoms with Gasteiger partial charge in [0, 0.05) is 24.4 Å². The van der Waals surface area contributed by atoms with Gasteiger partial charge in [-0.2, -0.15) is 0 Å². The highest BCUT2D eigenvalue weighted by Gasteiger charge is 2.56. The Hall–Kier alpha value is -2.77. The normalized spacial score (nSPS) is 12.4. The van der Waals surface area contributed by atoms with Gasteiger partial charge in [-0.25, -0.2) is 16.8 Å². The van der Waals surface area contributed by atoms with Crippen LogP contribution in [0.15, 0.2) is 108 Å². The largest absolute Gasteiger partial charge is 0.264 e. The van der Waals surface area contributed by atoms with Crippen molar-refractivity contribution in [2.24, 2.45) is 0 Å². The highest BCUT2D eigenvalue weighted by molar-refractivity contribution is 8.09. The Balaban J connectivity index is 2.45. The van der Waals surface area contributed by atoms with Gasteiger partial charge < -0.3 is 0 Å². The van der Waals surface area contributed by atoms with Crippen LogP contribution in [0.25, 0.3) is 0 Å². The van der Waals surface area contributed by atoms with Crippen LogP contribution in [0.5, 0.6) is 0 Å². The third-order valence-corrected chi connectivity index (χ3v) is 10.1. The van der Waals surface area contributed by atoms with Crippen LogP contribution in [0.2, 0.25) is 0 Å². The Morgan fingerprint density at radius 1 is 0.786 bits per heavy atom. The second kappa shape index (κ2) is 7.69. The van der Waals surface area contributed by atoms with Crippen LogP contribution < -0.4 is 0 Å². The molecule has 28 heavy (non-hydrogen) atoms. The van der Waals surface area contributed by atoms with E-state index in [9.17, 15) is 16.8 Å². The summed E-state index contributed by atoms with van der Waals surface area (Å²) in [6.07, 6.45) is 3.73. The van der Waals surface area contributed by atoms with Crippen molar-refractivity contribution in [3.05, 3.63) is 103 Å². The van der Waals surface area contributed by atoms with E-state index in [0.29, 0.717) is 0 Å². The molecule has 1 heterocycles. The molecule has 7 heteroatoms. The monoisotopic (exact) mass is 413 g/mol. The van der Waals surface area contributed by atoms with Crippen molar-refractivity contribution < 1.29 is 16.8 Å². The first kappa shape index (κ1) is 20.0. The highest BCUT2D eigenvalue weighted by atomic mass is 32.3. The van der Waals surface area contributed by atoms with Crippen LogP contribution in [0, 0.1) is 0 Å². The Morgan fingerprint density at radius 2 is 1.29 bits per heavy atom. The molecule has 0 fully saturated rings. The average molecular weight is 414 g/mol. The maximum atomic E-state index is 13.8. The van der Waals surface area contributed by atoms with E-state index < -0.39 is 23.8 Å². The minimum atomic E-state index is -4.38. The molecule has 0 saturated carbocycles. The Kier molecular flexibility index (Phi) is 5.49. The van der Waals surface area contributed by atoms with Crippen molar-refractivity contribution in [3.63, 3.8) is 0 Å². The van der Waals surface area contributed by atoms with Gasteiger partial charge in [0.1, 0.15) is 0 Å². The molecule has 144 valence electrons. The lowest BCUT2D eigenvalue weighted by Gasteiger charge is -2.32. The zero-order chi connectivity index (χ0) is 20.3. The van der Waals surface area contributed by atoms with Gasteiger partial charge in [0.25, 0.3) is 0 Å². The SMILES string of the molecule is C=CCC(c1cccnc1)(S(=O)(=O)c1ccccc1)S(=O)(=O)c1ccccc1. The van der Waals surface area contributed by atoms with Crippen LogP contribution in [-0.4, -0.2) is 21.8 Å². The predicted octanol–water partition coefficient (Wildman–Crippen LogP) is 3.76. The molecule has 0 aliphatic heterocycles. The molecule has 0 atom stereocenters. The summed E-state index contributed by atoms with van der Waals surface area (Å²) < 4.78 is 52.9. The molecule has 0 spiro atoms. The van der Waals surface area contributed by atoms with Gasteiger partial charge >= 0.3 is 0 Å². The van der Waals surface area contributed by atoms with Gasteiger partial charge in [-0.05, 0) is 30.3 Å². The predicted molar refractivity (Wildman–Crippen MR) is 108 cm³/mol. The average Bonchev–Trinajstić information content (AvgIpc) is 2.73. The Labute approximate surface area is 165 Å². The molecule has 0 unspecified atom stereocenters. The van der Waals surface area contributed by atoms with Crippen LogP contribution in [0.1, 0.15) is 12.0 Å². The van der Waals surface area contributed by atoms with Gasteiger partial charge in [0.15, 0.2) is 0 Å². The van der Waals surface area contributed by atoms with Gasteiger partial charge in [0.2, 0.25) is 23.8 Å². The number of allylic oxidation sites excluding steroid dienone is 1. The molecule has 3 rings (SSSR count). The number of aromatic nitrogens is 1. The molecule has 0 aliphatic carbocycles. The molecule has 5 nitrogen and oxygen atoms in total. The van der Waals surface area contributed by atoms with Crippen molar-refractivity contribution in [2.45, 2.75) is 20.3 Å². The number of benzene rings is 2. The van der Waals surface area contributed by atoms with Crippen LogP contribution in [0.4, 0.5) is 0 Å². The maximum Gasteiger partial charge on any atom is 0.211 e. The van der Waals surface area contributed by atoms with E-state index >= 15 is 0 Å². The summed E-state index contributed by atoms with van der Waals surface area (Å²) in [5.74, 6) is 0. The van der Waals surface area contributed by atoms with Gasteiger partial charge in [-0.3, -0.25) is 4.98 Å². The Morgan fingerprint density at radius 3 is 1.68 bits per heavy atom. The molecule has 0 N–H and O–H groups in total. The van der Waals surface area contributed by atoms with Gasteiger partial charge in [-0.15, -0.1) is 6.58 Å². The number of pyridine rings is 1. The van der Waals surface area contributed by atoms with E-state index in [1.807, 2.05) is 0 Å². The Bertz CT molecular complexity index is 1090. The number of nitrogens with zero attached hydrogens (tertiary/aromatic N) is 1.